The maximum atomic E-state index is 11.0. The Labute approximate surface area is 102 Å². The summed E-state index contributed by atoms with van der Waals surface area (Å²) in [7, 11) is -0.840. The number of anilines is 1. The maximum absolute atomic E-state index is 11.0. The molecule has 0 saturated carbocycles. The van der Waals surface area contributed by atoms with Crippen molar-refractivity contribution in [3.05, 3.63) is 22.3 Å². The largest absolute Gasteiger partial charge is 0.365 e. The van der Waals surface area contributed by atoms with E-state index < -0.39 is 10.8 Å². The van der Waals surface area contributed by atoms with E-state index in [4.69, 9.17) is 23.2 Å². The Morgan fingerprint density at radius 2 is 2.27 bits per heavy atom. The molecule has 0 radical (unpaired) electrons. The summed E-state index contributed by atoms with van der Waals surface area (Å²) in [5.41, 5.74) is 0. The fraction of sp³-hybridized carbons (Fsp3) is 0.444. The molecule has 3 nitrogen and oxygen atoms in total. The highest BCUT2D eigenvalue weighted by Gasteiger charge is 2.08. The molecule has 2 atom stereocenters. The lowest BCUT2D eigenvalue weighted by Gasteiger charge is -2.13. The highest BCUT2D eigenvalue weighted by atomic mass is 35.5. The first-order valence-corrected chi connectivity index (χ1v) is 6.85. The van der Waals surface area contributed by atoms with Crippen molar-refractivity contribution in [2.75, 3.05) is 17.3 Å². The molecule has 1 aromatic rings. The van der Waals surface area contributed by atoms with Gasteiger partial charge >= 0.3 is 0 Å². The predicted molar refractivity (Wildman–Crippen MR) is 66.3 cm³/mol. The van der Waals surface area contributed by atoms with Crippen molar-refractivity contribution in [3.63, 3.8) is 0 Å². The van der Waals surface area contributed by atoms with Gasteiger partial charge in [-0.05, 0) is 13.0 Å². The summed E-state index contributed by atoms with van der Waals surface area (Å²) in [5.74, 6) is 1.12. The van der Waals surface area contributed by atoms with E-state index in [-0.39, 0.29) is 6.04 Å². The minimum absolute atomic E-state index is 0.0574. The Morgan fingerprint density at radius 1 is 1.60 bits per heavy atom. The molecule has 0 aliphatic rings. The summed E-state index contributed by atoms with van der Waals surface area (Å²) >= 11 is 11.6. The van der Waals surface area contributed by atoms with Gasteiger partial charge in [-0.2, -0.15) is 0 Å². The Hall–Kier alpha value is -0.320. The fourth-order valence-electron chi connectivity index (χ4n) is 1.15. The zero-order valence-electron chi connectivity index (χ0n) is 8.46. The van der Waals surface area contributed by atoms with Gasteiger partial charge in [0.1, 0.15) is 5.82 Å². The maximum Gasteiger partial charge on any atom is 0.145 e. The summed E-state index contributed by atoms with van der Waals surface area (Å²) in [6, 6.07) is 1.68. The van der Waals surface area contributed by atoms with Crippen LogP contribution in [0.4, 0.5) is 5.82 Å². The van der Waals surface area contributed by atoms with Crippen molar-refractivity contribution in [3.8, 4) is 0 Å². The van der Waals surface area contributed by atoms with E-state index >= 15 is 0 Å². The van der Waals surface area contributed by atoms with Gasteiger partial charge in [0, 0.05) is 35.0 Å². The third-order valence-corrected chi connectivity index (χ3v) is 3.14. The first-order chi connectivity index (χ1) is 6.99. The van der Waals surface area contributed by atoms with Gasteiger partial charge in [-0.25, -0.2) is 4.98 Å². The zero-order valence-corrected chi connectivity index (χ0v) is 10.8. The second kappa shape index (κ2) is 5.68. The first kappa shape index (κ1) is 12.7. The number of aromatic nitrogens is 1. The van der Waals surface area contributed by atoms with E-state index in [1.165, 1.54) is 6.20 Å². The van der Waals surface area contributed by atoms with Gasteiger partial charge in [0.25, 0.3) is 0 Å². The molecule has 0 bridgehead atoms. The molecule has 1 rings (SSSR count). The minimum atomic E-state index is -0.840. The molecule has 0 aliphatic heterocycles. The van der Waals surface area contributed by atoms with E-state index in [1.54, 1.807) is 12.3 Å². The van der Waals surface area contributed by atoms with Crippen molar-refractivity contribution in [2.45, 2.75) is 13.0 Å². The Morgan fingerprint density at radius 3 is 2.80 bits per heavy atom. The van der Waals surface area contributed by atoms with Crippen LogP contribution in [-0.2, 0) is 10.8 Å². The van der Waals surface area contributed by atoms with Crippen molar-refractivity contribution in [1.82, 2.24) is 4.98 Å². The molecule has 0 spiro atoms. The van der Waals surface area contributed by atoms with Gasteiger partial charge in [0.15, 0.2) is 0 Å². The summed E-state index contributed by atoms with van der Waals surface area (Å²) in [4.78, 5) is 4.05. The number of rotatable bonds is 4. The van der Waals surface area contributed by atoms with Crippen LogP contribution in [0.25, 0.3) is 0 Å². The zero-order chi connectivity index (χ0) is 11.4. The normalized spacial score (nSPS) is 14.7. The molecule has 0 aliphatic carbocycles. The molecular weight excluding hydrogens is 255 g/mol. The topological polar surface area (TPSA) is 42.0 Å². The Balaban J connectivity index is 2.68. The van der Waals surface area contributed by atoms with Crippen LogP contribution in [0.1, 0.15) is 6.92 Å². The number of pyridine rings is 1. The second-order valence-corrected chi connectivity index (χ2v) is 5.59. The SMILES string of the molecule is CC(CS(C)=O)Nc1ncc(Cl)cc1Cl. The van der Waals surface area contributed by atoms with E-state index in [9.17, 15) is 4.21 Å². The number of hydrogen-bond donors (Lipinski definition) is 1. The third-order valence-electron chi connectivity index (χ3n) is 1.68. The average molecular weight is 267 g/mol. The molecule has 15 heavy (non-hydrogen) atoms. The van der Waals surface area contributed by atoms with E-state index in [2.05, 4.69) is 10.3 Å². The van der Waals surface area contributed by atoms with Crippen LogP contribution < -0.4 is 5.32 Å². The third kappa shape index (κ3) is 4.36. The Kier molecular flexibility index (Phi) is 4.83. The van der Waals surface area contributed by atoms with Gasteiger partial charge in [0.2, 0.25) is 0 Å². The molecule has 1 aromatic heterocycles. The van der Waals surface area contributed by atoms with Crippen LogP contribution >= 0.6 is 23.2 Å². The highest BCUT2D eigenvalue weighted by Crippen LogP contribution is 2.22. The van der Waals surface area contributed by atoms with Gasteiger partial charge < -0.3 is 5.32 Å². The smallest absolute Gasteiger partial charge is 0.145 e. The van der Waals surface area contributed by atoms with Crippen LogP contribution in [-0.4, -0.2) is 27.2 Å². The van der Waals surface area contributed by atoms with E-state index in [0.717, 1.165) is 0 Å². The number of hydrogen-bond acceptors (Lipinski definition) is 3. The predicted octanol–water partition coefficient (Wildman–Crippen LogP) is 2.57. The molecule has 0 aromatic carbocycles. The minimum Gasteiger partial charge on any atom is -0.365 e. The molecule has 1 heterocycles. The lowest BCUT2D eigenvalue weighted by Crippen LogP contribution is -2.22. The molecular formula is C9H12Cl2N2OS. The molecule has 0 amide bonds. The quantitative estimate of drug-likeness (QED) is 0.911. The lowest BCUT2D eigenvalue weighted by atomic mass is 10.3. The molecule has 0 saturated heterocycles. The highest BCUT2D eigenvalue weighted by molar-refractivity contribution is 7.84. The lowest BCUT2D eigenvalue weighted by molar-refractivity contribution is 0.683. The van der Waals surface area contributed by atoms with Gasteiger partial charge in [-0.1, -0.05) is 23.2 Å². The number of nitrogens with one attached hydrogen (secondary N) is 1. The molecule has 0 fully saturated rings. The molecule has 84 valence electrons. The average Bonchev–Trinajstić information content (AvgIpc) is 2.08. The van der Waals surface area contributed by atoms with Crippen molar-refractivity contribution >= 4 is 39.8 Å². The molecule has 6 heteroatoms. The number of nitrogens with zero attached hydrogens (tertiary/aromatic N) is 1. The van der Waals surface area contributed by atoms with Gasteiger partial charge in [-0.15, -0.1) is 0 Å². The summed E-state index contributed by atoms with van der Waals surface area (Å²) in [6.45, 7) is 1.92. The van der Waals surface area contributed by atoms with Crippen LogP contribution in [0.15, 0.2) is 12.3 Å². The van der Waals surface area contributed by atoms with Crippen molar-refractivity contribution in [2.24, 2.45) is 0 Å². The standard InChI is InChI=1S/C9H12Cl2N2OS/c1-6(5-15(2)14)13-9-8(11)3-7(10)4-12-9/h3-4,6H,5H2,1-2H3,(H,12,13). The van der Waals surface area contributed by atoms with Crippen LogP contribution in [0.2, 0.25) is 10.0 Å². The monoisotopic (exact) mass is 266 g/mol. The van der Waals surface area contributed by atoms with Crippen LogP contribution in [0, 0.1) is 0 Å². The van der Waals surface area contributed by atoms with E-state index in [1.807, 2.05) is 6.92 Å². The van der Waals surface area contributed by atoms with Crippen LogP contribution in [0.5, 0.6) is 0 Å². The fourth-order valence-corrected chi connectivity index (χ4v) is 2.37. The first-order valence-electron chi connectivity index (χ1n) is 4.36. The van der Waals surface area contributed by atoms with Gasteiger partial charge in [-0.3, -0.25) is 4.21 Å². The van der Waals surface area contributed by atoms with Crippen molar-refractivity contribution in [1.29, 1.82) is 0 Å². The molecule has 2 unspecified atom stereocenters. The van der Waals surface area contributed by atoms with Crippen molar-refractivity contribution < 1.29 is 4.21 Å². The Bertz CT molecular complexity index is 373. The summed E-state index contributed by atoms with van der Waals surface area (Å²) < 4.78 is 11.0. The second-order valence-electron chi connectivity index (χ2n) is 3.27. The van der Waals surface area contributed by atoms with E-state index in [0.29, 0.717) is 21.6 Å². The summed E-state index contributed by atoms with van der Waals surface area (Å²) in [6.07, 6.45) is 3.18. The van der Waals surface area contributed by atoms with Crippen LogP contribution in [0.3, 0.4) is 0 Å². The summed E-state index contributed by atoms with van der Waals surface area (Å²) in [5, 5.41) is 4.04. The van der Waals surface area contributed by atoms with Gasteiger partial charge in [0.05, 0.1) is 10.0 Å². The number of halogens is 2. The molecule has 1 N–H and O–H groups in total.